The first-order valence-corrected chi connectivity index (χ1v) is 6.52. The van der Waals surface area contributed by atoms with Gasteiger partial charge in [-0.3, -0.25) is 4.79 Å². The average molecular weight is 321 g/mol. The van der Waals surface area contributed by atoms with Crippen molar-refractivity contribution in [1.29, 1.82) is 0 Å². The number of halogens is 3. The lowest BCUT2D eigenvalue weighted by Gasteiger charge is -2.27. The Hall–Kier alpha value is -1.94. The largest absolute Gasteiger partial charge is 0.463 e. The fourth-order valence-electron chi connectivity index (χ4n) is 1.61. The summed E-state index contributed by atoms with van der Waals surface area (Å²) in [5.74, 6) is -1.60. The molecule has 0 aliphatic heterocycles. The van der Waals surface area contributed by atoms with E-state index in [2.05, 4.69) is 15.5 Å². The standard InChI is InChI=1S/C11H10F3N3O3S/c1-6-2-3-7(20-6)10(19,11(12,13)14)4-8(18)16-9-17-15-5-21-9/h2-3,5,19H,4H2,1H3,(H,16,17,18). The van der Waals surface area contributed by atoms with Gasteiger partial charge >= 0.3 is 6.18 Å². The Morgan fingerprint density at radius 3 is 2.67 bits per heavy atom. The number of furan rings is 1. The van der Waals surface area contributed by atoms with Gasteiger partial charge in [0.05, 0.1) is 6.42 Å². The van der Waals surface area contributed by atoms with E-state index in [4.69, 9.17) is 4.42 Å². The van der Waals surface area contributed by atoms with E-state index in [0.29, 0.717) is 0 Å². The first-order chi connectivity index (χ1) is 9.72. The Labute approximate surface area is 120 Å². The Kier molecular flexibility index (Phi) is 4.01. The van der Waals surface area contributed by atoms with Crippen LogP contribution in [0.4, 0.5) is 18.3 Å². The molecule has 0 radical (unpaired) electrons. The number of carbonyl (C=O) groups is 1. The summed E-state index contributed by atoms with van der Waals surface area (Å²) in [5, 5.41) is 19.0. The highest BCUT2D eigenvalue weighted by atomic mass is 32.1. The zero-order valence-electron chi connectivity index (χ0n) is 10.6. The van der Waals surface area contributed by atoms with Crippen LogP contribution in [0.5, 0.6) is 0 Å². The highest BCUT2D eigenvalue weighted by Gasteiger charge is 2.58. The molecule has 2 heterocycles. The highest BCUT2D eigenvalue weighted by molar-refractivity contribution is 7.13. The van der Waals surface area contributed by atoms with Crippen molar-refractivity contribution >= 4 is 22.4 Å². The first kappa shape index (κ1) is 15.4. The van der Waals surface area contributed by atoms with Gasteiger partial charge in [0.1, 0.15) is 17.0 Å². The molecule has 0 bridgehead atoms. The van der Waals surface area contributed by atoms with Gasteiger partial charge in [-0.1, -0.05) is 11.3 Å². The zero-order valence-corrected chi connectivity index (χ0v) is 11.5. The van der Waals surface area contributed by atoms with Gasteiger partial charge in [0, 0.05) is 0 Å². The Morgan fingerprint density at radius 2 is 2.19 bits per heavy atom. The second-order valence-corrected chi connectivity index (χ2v) is 5.07. The number of alkyl halides is 3. The van der Waals surface area contributed by atoms with E-state index in [9.17, 15) is 23.1 Å². The molecule has 6 nitrogen and oxygen atoms in total. The molecule has 2 aromatic rings. The normalized spacial score (nSPS) is 14.7. The number of rotatable bonds is 4. The summed E-state index contributed by atoms with van der Waals surface area (Å²) >= 11 is 0.944. The van der Waals surface area contributed by atoms with E-state index < -0.39 is 29.9 Å². The van der Waals surface area contributed by atoms with Crippen molar-refractivity contribution in [2.45, 2.75) is 25.1 Å². The SMILES string of the molecule is Cc1ccc(C(O)(CC(=O)Nc2nncs2)C(F)(F)F)o1. The van der Waals surface area contributed by atoms with Crippen LogP contribution < -0.4 is 5.32 Å². The summed E-state index contributed by atoms with van der Waals surface area (Å²) in [6.07, 6.45) is -6.32. The number of amides is 1. The van der Waals surface area contributed by atoms with E-state index >= 15 is 0 Å². The van der Waals surface area contributed by atoms with Crippen LogP contribution in [-0.2, 0) is 10.4 Å². The predicted molar refractivity (Wildman–Crippen MR) is 66.6 cm³/mol. The molecule has 1 atom stereocenters. The molecule has 2 aromatic heterocycles. The molecule has 1 unspecified atom stereocenters. The fraction of sp³-hybridized carbons (Fsp3) is 0.364. The van der Waals surface area contributed by atoms with Crippen molar-refractivity contribution in [3.8, 4) is 0 Å². The van der Waals surface area contributed by atoms with Crippen LogP contribution in [0.1, 0.15) is 17.9 Å². The monoisotopic (exact) mass is 321 g/mol. The first-order valence-electron chi connectivity index (χ1n) is 5.64. The minimum absolute atomic E-state index is 0.0418. The fourth-order valence-corrected chi connectivity index (χ4v) is 2.07. The van der Waals surface area contributed by atoms with E-state index in [1.807, 2.05) is 0 Å². The highest BCUT2D eigenvalue weighted by Crippen LogP contribution is 2.42. The predicted octanol–water partition coefficient (Wildman–Crippen LogP) is 2.22. The Morgan fingerprint density at radius 1 is 1.48 bits per heavy atom. The van der Waals surface area contributed by atoms with Gasteiger partial charge < -0.3 is 14.8 Å². The van der Waals surface area contributed by atoms with Crippen molar-refractivity contribution in [2.75, 3.05) is 5.32 Å². The molecular formula is C11H10F3N3O3S. The number of hydrogen-bond donors (Lipinski definition) is 2. The molecule has 0 saturated heterocycles. The van der Waals surface area contributed by atoms with Crippen LogP contribution in [-0.4, -0.2) is 27.4 Å². The number of nitrogens with one attached hydrogen (secondary N) is 1. The van der Waals surface area contributed by atoms with Gasteiger partial charge in [-0.15, -0.1) is 10.2 Å². The average Bonchev–Trinajstić information content (AvgIpc) is 2.98. The Bertz CT molecular complexity index is 626. The third kappa shape index (κ3) is 3.22. The molecule has 0 saturated carbocycles. The molecule has 1 amide bonds. The molecule has 0 aliphatic carbocycles. The topological polar surface area (TPSA) is 88.2 Å². The second-order valence-electron chi connectivity index (χ2n) is 4.24. The van der Waals surface area contributed by atoms with Gasteiger partial charge in [-0.05, 0) is 19.1 Å². The number of hydrogen-bond acceptors (Lipinski definition) is 6. The maximum Gasteiger partial charge on any atom is 0.425 e. The molecule has 0 aliphatic rings. The molecule has 21 heavy (non-hydrogen) atoms. The van der Waals surface area contributed by atoms with Gasteiger partial charge in [0.15, 0.2) is 0 Å². The lowest BCUT2D eigenvalue weighted by atomic mass is 9.95. The molecule has 0 fully saturated rings. The molecule has 0 spiro atoms. The summed E-state index contributed by atoms with van der Waals surface area (Å²) in [4.78, 5) is 11.7. The van der Waals surface area contributed by atoms with Gasteiger partial charge in [-0.2, -0.15) is 13.2 Å². The molecular weight excluding hydrogens is 311 g/mol. The minimum Gasteiger partial charge on any atom is -0.463 e. The summed E-state index contributed by atoms with van der Waals surface area (Å²) in [7, 11) is 0. The van der Waals surface area contributed by atoms with Gasteiger partial charge in [0.25, 0.3) is 0 Å². The molecule has 2 N–H and O–H groups in total. The minimum atomic E-state index is -5.07. The van der Waals surface area contributed by atoms with E-state index in [-0.39, 0.29) is 10.9 Å². The van der Waals surface area contributed by atoms with Crippen LogP contribution in [0.3, 0.4) is 0 Å². The lowest BCUT2D eigenvalue weighted by molar-refractivity contribution is -0.272. The number of aliphatic hydroxyl groups is 1. The van der Waals surface area contributed by atoms with E-state index in [0.717, 1.165) is 17.4 Å². The number of carbonyl (C=O) groups excluding carboxylic acids is 1. The van der Waals surface area contributed by atoms with Crippen LogP contribution in [0.15, 0.2) is 22.1 Å². The van der Waals surface area contributed by atoms with E-state index in [1.165, 1.54) is 18.5 Å². The third-order valence-electron chi connectivity index (χ3n) is 2.64. The maximum absolute atomic E-state index is 13.1. The number of aromatic nitrogens is 2. The number of aryl methyl sites for hydroxylation is 1. The van der Waals surface area contributed by atoms with E-state index in [1.54, 1.807) is 0 Å². The number of nitrogens with zero attached hydrogens (tertiary/aromatic N) is 2. The summed E-state index contributed by atoms with van der Waals surface area (Å²) in [6, 6.07) is 2.26. The van der Waals surface area contributed by atoms with Gasteiger partial charge in [0.2, 0.25) is 16.6 Å². The van der Waals surface area contributed by atoms with Crippen molar-refractivity contribution in [3.05, 3.63) is 29.2 Å². The van der Waals surface area contributed by atoms with Crippen molar-refractivity contribution in [3.63, 3.8) is 0 Å². The number of anilines is 1. The second kappa shape index (κ2) is 5.45. The summed E-state index contributed by atoms with van der Waals surface area (Å²) < 4.78 is 44.2. The van der Waals surface area contributed by atoms with Crippen LogP contribution in [0.2, 0.25) is 0 Å². The van der Waals surface area contributed by atoms with Crippen LogP contribution in [0.25, 0.3) is 0 Å². The van der Waals surface area contributed by atoms with Gasteiger partial charge in [-0.25, -0.2) is 0 Å². The Balaban J connectivity index is 2.23. The van der Waals surface area contributed by atoms with Crippen molar-refractivity contribution in [1.82, 2.24) is 10.2 Å². The van der Waals surface area contributed by atoms with Crippen molar-refractivity contribution in [2.24, 2.45) is 0 Å². The molecule has 2 rings (SSSR count). The summed E-state index contributed by atoms with van der Waals surface area (Å²) in [6.45, 7) is 1.43. The quantitative estimate of drug-likeness (QED) is 0.901. The smallest absolute Gasteiger partial charge is 0.425 e. The maximum atomic E-state index is 13.1. The van der Waals surface area contributed by atoms with Crippen LogP contribution in [0, 0.1) is 6.92 Å². The molecule has 0 aromatic carbocycles. The van der Waals surface area contributed by atoms with Crippen molar-refractivity contribution < 1.29 is 27.5 Å². The van der Waals surface area contributed by atoms with Crippen LogP contribution >= 0.6 is 11.3 Å². The molecule has 10 heteroatoms. The summed E-state index contributed by atoms with van der Waals surface area (Å²) in [5.41, 5.74) is -2.10. The zero-order chi connectivity index (χ0) is 15.7. The lowest BCUT2D eigenvalue weighted by Crippen LogP contribution is -2.44. The third-order valence-corrected chi connectivity index (χ3v) is 3.25. The molecule has 114 valence electrons.